The van der Waals surface area contributed by atoms with Gasteiger partial charge in [0.05, 0.1) is 0 Å². The van der Waals surface area contributed by atoms with E-state index in [1.807, 2.05) is 26.0 Å². The number of hydrogen-bond acceptors (Lipinski definition) is 4. The molecule has 106 valence electrons. The SMILES string of the molecule is Cc1ccc(C)c(Cc2nnnn2C(C)(C)C(=O)O)c1. The summed E-state index contributed by atoms with van der Waals surface area (Å²) in [6.07, 6.45) is 0.511. The molecule has 6 nitrogen and oxygen atoms in total. The highest BCUT2D eigenvalue weighted by Gasteiger charge is 2.33. The van der Waals surface area contributed by atoms with E-state index in [1.165, 1.54) is 4.68 Å². The van der Waals surface area contributed by atoms with E-state index in [0.717, 1.165) is 16.7 Å². The highest BCUT2D eigenvalue weighted by atomic mass is 16.4. The Labute approximate surface area is 117 Å². The van der Waals surface area contributed by atoms with Gasteiger partial charge in [-0.05, 0) is 49.2 Å². The molecular weight excluding hydrogens is 256 g/mol. The molecule has 0 aliphatic rings. The zero-order chi connectivity index (χ0) is 14.9. The summed E-state index contributed by atoms with van der Waals surface area (Å²) in [5.41, 5.74) is 2.22. The molecular formula is C14H18N4O2. The topological polar surface area (TPSA) is 80.9 Å². The minimum atomic E-state index is -1.17. The van der Waals surface area contributed by atoms with Crippen LogP contribution < -0.4 is 0 Å². The molecule has 6 heteroatoms. The van der Waals surface area contributed by atoms with Gasteiger partial charge in [-0.3, -0.25) is 0 Å². The Kier molecular flexibility index (Phi) is 3.57. The van der Waals surface area contributed by atoms with Gasteiger partial charge in [-0.25, -0.2) is 9.48 Å². The molecule has 0 aliphatic heterocycles. The third kappa shape index (κ3) is 2.54. The van der Waals surface area contributed by atoms with Gasteiger partial charge in [0, 0.05) is 6.42 Å². The number of benzene rings is 1. The number of nitrogens with zero attached hydrogens (tertiary/aromatic N) is 4. The van der Waals surface area contributed by atoms with Crippen molar-refractivity contribution in [3.63, 3.8) is 0 Å². The average molecular weight is 274 g/mol. The highest BCUT2D eigenvalue weighted by molar-refractivity contribution is 5.75. The molecule has 1 aromatic carbocycles. The van der Waals surface area contributed by atoms with Crippen LogP contribution in [0.25, 0.3) is 0 Å². The Bertz CT molecular complexity index is 646. The number of carbonyl (C=O) groups is 1. The second-order valence-corrected chi connectivity index (χ2v) is 5.48. The van der Waals surface area contributed by atoms with Crippen LogP contribution in [0, 0.1) is 13.8 Å². The van der Waals surface area contributed by atoms with Gasteiger partial charge in [0.1, 0.15) is 0 Å². The van der Waals surface area contributed by atoms with Gasteiger partial charge in [-0.1, -0.05) is 23.8 Å². The smallest absolute Gasteiger partial charge is 0.331 e. The van der Waals surface area contributed by atoms with Gasteiger partial charge in [0.2, 0.25) is 0 Å². The highest BCUT2D eigenvalue weighted by Crippen LogP contribution is 2.19. The molecule has 0 unspecified atom stereocenters. The van der Waals surface area contributed by atoms with Crippen molar-refractivity contribution in [3.8, 4) is 0 Å². The van der Waals surface area contributed by atoms with E-state index in [-0.39, 0.29) is 0 Å². The molecule has 0 spiro atoms. The Balaban J connectivity index is 2.39. The maximum atomic E-state index is 11.3. The lowest BCUT2D eigenvalue weighted by atomic mass is 10.0. The van der Waals surface area contributed by atoms with Crippen LogP contribution in [0.2, 0.25) is 0 Å². The number of carboxylic acids is 1. The van der Waals surface area contributed by atoms with Crippen molar-refractivity contribution < 1.29 is 9.90 Å². The third-order valence-electron chi connectivity index (χ3n) is 3.44. The number of rotatable bonds is 4. The summed E-state index contributed by atoms with van der Waals surface area (Å²) in [6.45, 7) is 7.20. The normalized spacial score (nSPS) is 11.6. The lowest BCUT2D eigenvalue weighted by Gasteiger charge is -2.20. The molecule has 0 aliphatic carbocycles. The number of aromatic nitrogens is 4. The maximum absolute atomic E-state index is 11.3. The summed E-state index contributed by atoms with van der Waals surface area (Å²) in [6, 6.07) is 6.16. The summed E-state index contributed by atoms with van der Waals surface area (Å²) in [5, 5.41) is 20.7. The molecule has 0 saturated heterocycles. The van der Waals surface area contributed by atoms with E-state index < -0.39 is 11.5 Å². The fraction of sp³-hybridized carbons (Fsp3) is 0.429. The molecule has 0 atom stereocenters. The fourth-order valence-corrected chi connectivity index (χ4v) is 2.00. The van der Waals surface area contributed by atoms with Crippen molar-refractivity contribution in [3.05, 3.63) is 40.7 Å². The van der Waals surface area contributed by atoms with Crippen molar-refractivity contribution in [1.29, 1.82) is 0 Å². The van der Waals surface area contributed by atoms with E-state index in [0.29, 0.717) is 12.2 Å². The molecule has 1 heterocycles. The number of aryl methyl sites for hydroxylation is 2. The standard InChI is InChI=1S/C14H18N4O2/c1-9-5-6-10(2)11(7-9)8-12-15-16-17-18(12)14(3,4)13(19)20/h5-7H,8H2,1-4H3,(H,19,20). The van der Waals surface area contributed by atoms with Gasteiger partial charge in [0.25, 0.3) is 0 Å². The van der Waals surface area contributed by atoms with E-state index in [1.54, 1.807) is 13.8 Å². The van der Waals surface area contributed by atoms with Crippen LogP contribution in [0.4, 0.5) is 0 Å². The minimum Gasteiger partial charge on any atom is -0.479 e. The largest absolute Gasteiger partial charge is 0.479 e. The summed E-state index contributed by atoms with van der Waals surface area (Å²) >= 11 is 0. The van der Waals surface area contributed by atoms with Gasteiger partial charge < -0.3 is 5.11 Å². The van der Waals surface area contributed by atoms with E-state index in [4.69, 9.17) is 0 Å². The molecule has 2 aromatic rings. The maximum Gasteiger partial charge on any atom is 0.331 e. The molecule has 0 fully saturated rings. The van der Waals surface area contributed by atoms with Crippen LogP contribution in [0.15, 0.2) is 18.2 Å². The first kappa shape index (κ1) is 14.2. The van der Waals surface area contributed by atoms with Crippen LogP contribution in [0.5, 0.6) is 0 Å². The number of hydrogen-bond donors (Lipinski definition) is 1. The molecule has 20 heavy (non-hydrogen) atoms. The summed E-state index contributed by atoms with van der Waals surface area (Å²) in [4.78, 5) is 11.3. The molecule has 0 radical (unpaired) electrons. The Hall–Kier alpha value is -2.24. The second kappa shape index (κ2) is 5.03. The van der Waals surface area contributed by atoms with Crippen molar-refractivity contribution >= 4 is 5.97 Å². The predicted molar refractivity (Wildman–Crippen MR) is 73.5 cm³/mol. The van der Waals surface area contributed by atoms with Crippen LogP contribution in [0.1, 0.15) is 36.4 Å². The molecule has 0 bridgehead atoms. The van der Waals surface area contributed by atoms with Crippen LogP contribution >= 0.6 is 0 Å². The van der Waals surface area contributed by atoms with E-state index in [2.05, 4.69) is 21.6 Å². The molecule has 0 saturated carbocycles. The van der Waals surface area contributed by atoms with Gasteiger partial charge >= 0.3 is 5.97 Å². The number of aliphatic carboxylic acids is 1. The zero-order valence-electron chi connectivity index (χ0n) is 12.1. The zero-order valence-corrected chi connectivity index (χ0v) is 12.1. The van der Waals surface area contributed by atoms with Gasteiger partial charge in [0.15, 0.2) is 11.4 Å². The molecule has 1 aromatic heterocycles. The Morgan fingerprint density at radius 2 is 2.05 bits per heavy atom. The van der Waals surface area contributed by atoms with Crippen molar-refractivity contribution in [2.75, 3.05) is 0 Å². The number of tetrazole rings is 1. The Morgan fingerprint density at radius 3 is 2.70 bits per heavy atom. The first-order valence-corrected chi connectivity index (χ1v) is 6.39. The lowest BCUT2D eigenvalue weighted by Crippen LogP contribution is -2.38. The van der Waals surface area contributed by atoms with Crippen LogP contribution in [-0.2, 0) is 16.8 Å². The molecule has 2 rings (SSSR count). The number of carboxylic acid groups (broad SMARTS) is 1. The fourth-order valence-electron chi connectivity index (χ4n) is 2.00. The predicted octanol–water partition coefficient (Wildman–Crippen LogP) is 1.70. The van der Waals surface area contributed by atoms with Gasteiger partial charge in [-0.15, -0.1) is 5.10 Å². The first-order chi connectivity index (χ1) is 9.32. The monoisotopic (exact) mass is 274 g/mol. The summed E-state index contributed by atoms with van der Waals surface area (Å²) < 4.78 is 1.37. The second-order valence-electron chi connectivity index (χ2n) is 5.48. The lowest BCUT2D eigenvalue weighted by molar-refractivity contribution is -0.146. The van der Waals surface area contributed by atoms with Crippen LogP contribution in [-0.4, -0.2) is 31.3 Å². The van der Waals surface area contributed by atoms with Crippen LogP contribution in [0.3, 0.4) is 0 Å². The first-order valence-electron chi connectivity index (χ1n) is 6.39. The van der Waals surface area contributed by atoms with E-state index >= 15 is 0 Å². The van der Waals surface area contributed by atoms with Crippen molar-refractivity contribution in [2.45, 2.75) is 39.7 Å². The average Bonchev–Trinajstić information content (AvgIpc) is 2.82. The quantitative estimate of drug-likeness (QED) is 0.917. The summed E-state index contributed by atoms with van der Waals surface area (Å²) in [7, 11) is 0. The third-order valence-corrected chi connectivity index (χ3v) is 3.44. The minimum absolute atomic E-state index is 0.511. The Morgan fingerprint density at radius 1 is 1.35 bits per heavy atom. The van der Waals surface area contributed by atoms with Crippen molar-refractivity contribution in [2.24, 2.45) is 0 Å². The summed E-state index contributed by atoms with van der Waals surface area (Å²) in [5.74, 6) is -0.418. The van der Waals surface area contributed by atoms with Gasteiger partial charge in [-0.2, -0.15) is 0 Å². The molecule has 1 N–H and O–H groups in total. The van der Waals surface area contributed by atoms with Crippen molar-refractivity contribution in [1.82, 2.24) is 20.2 Å². The molecule has 0 amide bonds. The van der Waals surface area contributed by atoms with E-state index in [9.17, 15) is 9.90 Å².